The van der Waals surface area contributed by atoms with Crippen molar-refractivity contribution in [3.05, 3.63) is 41.5 Å². The Labute approximate surface area is 118 Å². The molecule has 0 atom stereocenters. The Balaban J connectivity index is 1.95. The minimum atomic E-state index is -0.803. The van der Waals surface area contributed by atoms with Gasteiger partial charge in [0.05, 0.1) is 6.54 Å². The molecule has 8 heteroatoms. The normalized spacial score (nSPS) is 10.2. The Bertz CT molecular complexity index is 624. The Morgan fingerprint density at radius 2 is 2.05 bits per heavy atom. The van der Waals surface area contributed by atoms with Gasteiger partial charge in [-0.3, -0.25) is 9.59 Å². The third kappa shape index (κ3) is 3.35. The van der Waals surface area contributed by atoms with Crippen LogP contribution in [0.2, 0.25) is 0 Å². The van der Waals surface area contributed by atoms with Gasteiger partial charge in [0.1, 0.15) is 0 Å². The fourth-order valence-electron chi connectivity index (χ4n) is 1.43. The fourth-order valence-corrected chi connectivity index (χ4v) is 1.84. The second-order valence-corrected chi connectivity index (χ2v) is 4.67. The van der Waals surface area contributed by atoms with E-state index in [1.807, 2.05) is 18.4 Å². The molecule has 2 amide bonds. The van der Waals surface area contributed by atoms with Gasteiger partial charge in [0, 0.05) is 10.5 Å². The maximum absolute atomic E-state index is 11.9. The van der Waals surface area contributed by atoms with Crippen LogP contribution in [0.15, 0.2) is 33.7 Å². The Morgan fingerprint density at radius 3 is 2.60 bits per heavy atom. The molecule has 104 valence electrons. The predicted molar refractivity (Wildman–Crippen MR) is 72.2 cm³/mol. The summed E-state index contributed by atoms with van der Waals surface area (Å²) in [4.78, 5) is 27.4. The second kappa shape index (κ2) is 6.20. The minimum Gasteiger partial charge on any atom is -0.361 e. The van der Waals surface area contributed by atoms with Gasteiger partial charge in [-0.2, -0.15) is 4.98 Å². The molecule has 1 aromatic heterocycles. The highest BCUT2D eigenvalue weighted by atomic mass is 32.2. The summed E-state index contributed by atoms with van der Waals surface area (Å²) < 4.78 is 4.60. The number of benzene rings is 1. The molecule has 0 aliphatic rings. The number of amides is 2. The van der Waals surface area contributed by atoms with Gasteiger partial charge in [-0.05, 0) is 30.5 Å². The van der Waals surface area contributed by atoms with E-state index in [1.54, 1.807) is 23.9 Å². The molecule has 2 rings (SSSR count). The molecular formula is C12H12N4O3S. The van der Waals surface area contributed by atoms with Crippen molar-refractivity contribution in [2.75, 3.05) is 6.26 Å². The first kappa shape index (κ1) is 14.1. The quantitative estimate of drug-likeness (QED) is 0.789. The molecule has 0 spiro atoms. The molecule has 0 unspecified atom stereocenters. The van der Waals surface area contributed by atoms with E-state index in [4.69, 9.17) is 5.73 Å². The Kier molecular flexibility index (Phi) is 4.36. The fraction of sp³-hybridized carbons (Fsp3) is 0.167. The first-order valence-electron chi connectivity index (χ1n) is 5.65. The first-order valence-corrected chi connectivity index (χ1v) is 6.87. The molecule has 2 aromatic rings. The van der Waals surface area contributed by atoms with Gasteiger partial charge < -0.3 is 15.6 Å². The summed E-state index contributed by atoms with van der Waals surface area (Å²) in [5.74, 6) is -1.16. The number of nitrogens with zero attached hydrogens (tertiary/aromatic N) is 2. The number of rotatable bonds is 5. The van der Waals surface area contributed by atoms with E-state index in [0.717, 1.165) is 4.90 Å². The van der Waals surface area contributed by atoms with Crippen LogP contribution in [0.1, 0.15) is 26.9 Å². The van der Waals surface area contributed by atoms with E-state index in [1.165, 1.54) is 0 Å². The molecule has 20 heavy (non-hydrogen) atoms. The third-order valence-electron chi connectivity index (χ3n) is 2.44. The van der Waals surface area contributed by atoms with Gasteiger partial charge >= 0.3 is 11.8 Å². The summed E-state index contributed by atoms with van der Waals surface area (Å²) in [5, 5.41) is 6.15. The molecule has 0 fully saturated rings. The lowest BCUT2D eigenvalue weighted by Crippen LogP contribution is -2.23. The maximum atomic E-state index is 11.9. The number of nitrogens with two attached hydrogens (primary N) is 1. The summed E-state index contributed by atoms with van der Waals surface area (Å²) in [6, 6.07) is 7.18. The van der Waals surface area contributed by atoms with E-state index in [-0.39, 0.29) is 24.2 Å². The average molecular weight is 292 g/mol. The lowest BCUT2D eigenvalue weighted by Gasteiger charge is -2.03. The van der Waals surface area contributed by atoms with Crippen molar-refractivity contribution >= 4 is 23.6 Å². The predicted octanol–water partition coefficient (Wildman–Crippen LogP) is 0.820. The highest BCUT2D eigenvalue weighted by molar-refractivity contribution is 7.98. The summed E-state index contributed by atoms with van der Waals surface area (Å²) >= 11 is 1.60. The minimum absolute atomic E-state index is 0.0554. The van der Waals surface area contributed by atoms with Crippen LogP contribution in [0.4, 0.5) is 0 Å². The van der Waals surface area contributed by atoms with Gasteiger partial charge in [-0.15, -0.1) is 11.8 Å². The van der Waals surface area contributed by atoms with Crippen molar-refractivity contribution in [2.45, 2.75) is 11.4 Å². The van der Waals surface area contributed by atoms with Crippen molar-refractivity contribution in [2.24, 2.45) is 5.73 Å². The van der Waals surface area contributed by atoms with E-state index in [9.17, 15) is 9.59 Å². The van der Waals surface area contributed by atoms with Crippen LogP contribution in [0.3, 0.4) is 0 Å². The molecule has 7 nitrogen and oxygen atoms in total. The van der Waals surface area contributed by atoms with Gasteiger partial charge in [0.15, 0.2) is 5.82 Å². The monoisotopic (exact) mass is 292 g/mol. The summed E-state index contributed by atoms with van der Waals surface area (Å²) in [7, 11) is 0. The summed E-state index contributed by atoms with van der Waals surface area (Å²) in [6.45, 7) is 0.0554. The zero-order valence-corrected chi connectivity index (χ0v) is 11.4. The molecule has 0 bridgehead atoms. The van der Waals surface area contributed by atoms with Crippen molar-refractivity contribution in [3.8, 4) is 0 Å². The molecule has 1 aromatic carbocycles. The number of aromatic nitrogens is 2. The van der Waals surface area contributed by atoms with E-state index in [0.29, 0.717) is 5.56 Å². The first-order chi connectivity index (χ1) is 9.60. The zero-order valence-electron chi connectivity index (χ0n) is 10.6. The van der Waals surface area contributed by atoms with Crippen LogP contribution in [0.5, 0.6) is 0 Å². The highest BCUT2D eigenvalue weighted by Gasteiger charge is 2.12. The standard InChI is InChI=1S/C12H12N4O3S/c1-20-8-4-2-7(3-5-8)11(18)14-6-9-15-12(10(13)17)19-16-9/h2-5H,6H2,1H3,(H2,13,17)(H,14,18). The topological polar surface area (TPSA) is 111 Å². The molecule has 0 saturated heterocycles. The lowest BCUT2D eigenvalue weighted by molar-refractivity contribution is 0.0944. The number of carbonyl (C=O) groups excluding carboxylic acids is 2. The van der Waals surface area contributed by atoms with Gasteiger partial charge in [-0.25, -0.2) is 0 Å². The Morgan fingerprint density at radius 1 is 1.35 bits per heavy atom. The number of nitrogens with one attached hydrogen (secondary N) is 1. The SMILES string of the molecule is CSc1ccc(C(=O)NCc2noc(C(N)=O)n2)cc1. The number of hydrogen-bond donors (Lipinski definition) is 2. The third-order valence-corrected chi connectivity index (χ3v) is 3.18. The molecule has 1 heterocycles. The van der Waals surface area contributed by atoms with Crippen LogP contribution in [-0.2, 0) is 6.54 Å². The van der Waals surface area contributed by atoms with Crippen molar-refractivity contribution < 1.29 is 14.1 Å². The summed E-state index contributed by atoms with van der Waals surface area (Å²) in [5.41, 5.74) is 5.51. The van der Waals surface area contributed by atoms with Gasteiger partial charge in [-0.1, -0.05) is 5.16 Å². The van der Waals surface area contributed by atoms with Crippen LogP contribution >= 0.6 is 11.8 Å². The number of carbonyl (C=O) groups is 2. The van der Waals surface area contributed by atoms with Gasteiger partial charge in [0.2, 0.25) is 0 Å². The molecule has 3 N–H and O–H groups in total. The number of thioether (sulfide) groups is 1. The highest BCUT2D eigenvalue weighted by Crippen LogP contribution is 2.14. The largest absolute Gasteiger partial charge is 0.361 e. The molecular weight excluding hydrogens is 280 g/mol. The van der Waals surface area contributed by atoms with Crippen LogP contribution in [-0.4, -0.2) is 28.2 Å². The van der Waals surface area contributed by atoms with Crippen LogP contribution < -0.4 is 11.1 Å². The number of hydrogen-bond acceptors (Lipinski definition) is 6. The van der Waals surface area contributed by atoms with E-state index < -0.39 is 5.91 Å². The van der Waals surface area contributed by atoms with Crippen molar-refractivity contribution in [1.82, 2.24) is 15.5 Å². The average Bonchev–Trinajstić information content (AvgIpc) is 2.94. The molecule has 0 aliphatic heterocycles. The maximum Gasteiger partial charge on any atom is 0.315 e. The smallest absolute Gasteiger partial charge is 0.315 e. The van der Waals surface area contributed by atoms with E-state index >= 15 is 0 Å². The van der Waals surface area contributed by atoms with Crippen molar-refractivity contribution in [1.29, 1.82) is 0 Å². The second-order valence-electron chi connectivity index (χ2n) is 3.79. The van der Waals surface area contributed by atoms with Crippen LogP contribution in [0.25, 0.3) is 0 Å². The lowest BCUT2D eigenvalue weighted by atomic mass is 10.2. The van der Waals surface area contributed by atoms with Crippen LogP contribution in [0, 0.1) is 0 Å². The number of primary amides is 1. The zero-order chi connectivity index (χ0) is 14.5. The Hall–Kier alpha value is -2.35. The molecule has 0 radical (unpaired) electrons. The summed E-state index contributed by atoms with van der Waals surface area (Å²) in [6.07, 6.45) is 1.96. The van der Waals surface area contributed by atoms with Crippen molar-refractivity contribution in [3.63, 3.8) is 0 Å². The van der Waals surface area contributed by atoms with Gasteiger partial charge in [0.25, 0.3) is 5.91 Å². The molecule has 0 saturated carbocycles. The molecule has 0 aliphatic carbocycles. The van der Waals surface area contributed by atoms with E-state index in [2.05, 4.69) is 20.0 Å².